The molecule has 1 unspecified atom stereocenters. The molecule has 0 bridgehead atoms. The van der Waals surface area contributed by atoms with Crippen LogP contribution in [0.25, 0.3) is 0 Å². The number of hydrogen-bond donors (Lipinski definition) is 2. The van der Waals surface area contributed by atoms with Gasteiger partial charge in [-0.15, -0.1) is 5.73 Å². The second-order valence-corrected chi connectivity index (χ2v) is 7.93. The number of carbonyl (C=O) groups is 2. The van der Waals surface area contributed by atoms with Gasteiger partial charge in [0.25, 0.3) is 0 Å². The molecular formula is C23H36O5. The van der Waals surface area contributed by atoms with Crippen LogP contribution in [0.15, 0.2) is 30.0 Å². The summed E-state index contributed by atoms with van der Waals surface area (Å²) in [5, 5.41) is 19.4. The standard InChI is InChI=1S/C23H36O5/c1-4-5-15-22(2,27)16-11-17-23(21(26)28-3,19-12-8-9-13-19)20(25)14-7-6-10-18-24/h7,10-11,17,19,24,27H,4-5,8-9,12-16,18H2,1-3H3/t6?,22?,23-/m1/s1. The number of esters is 1. The van der Waals surface area contributed by atoms with Crippen LogP contribution in [0.5, 0.6) is 0 Å². The summed E-state index contributed by atoms with van der Waals surface area (Å²) < 4.78 is 5.07. The largest absolute Gasteiger partial charge is 0.468 e. The van der Waals surface area contributed by atoms with Crippen LogP contribution in [-0.4, -0.2) is 41.3 Å². The molecule has 1 aliphatic rings. The van der Waals surface area contributed by atoms with Crippen molar-refractivity contribution in [2.45, 2.75) is 77.2 Å². The highest BCUT2D eigenvalue weighted by atomic mass is 16.5. The summed E-state index contributed by atoms with van der Waals surface area (Å²) in [6.07, 6.45) is 13.0. The number of rotatable bonds is 12. The third-order valence-corrected chi connectivity index (χ3v) is 5.61. The molecule has 0 radical (unpaired) electrons. The molecule has 0 aliphatic heterocycles. The molecule has 0 spiro atoms. The van der Waals surface area contributed by atoms with Crippen molar-refractivity contribution in [2.75, 3.05) is 13.7 Å². The fourth-order valence-electron chi connectivity index (χ4n) is 3.97. The number of ketones is 1. The summed E-state index contributed by atoms with van der Waals surface area (Å²) in [4.78, 5) is 26.0. The number of hydrogen-bond acceptors (Lipinski definition) is 5. The Bertz CT molecular complexity index is 592. The Morgan fingerprint density at radius 2 is 1.93 bits per heavy atom. The highest BCUT2D eigenvalue weighted by Crippen LogP contribution is 2.44. The van der Waals surface area contributed by atoms with Gasteiger partial charge in [-0.05, 0) is 50.7 Å². The van der Waals surface area contributed by atoms with E-state index in [0.29, 0.717) is 12.8 Å². The first-order valence-electron chi connectivity index (χ1n) is 10.4. The van der Waals surface area contributed by atoms with Gasteiger partial charge in [0.05, 0.1) is 19.3 Å². The average Bonchev–Trinajstić information content (AvgIpc) is 3.21. The van der Waals surface area contributed by atoms with Gasteiger partial charge in [0.1, 0.15) is 5.41 Å². The van der Waals surface area contributed by atoms with Crippen LogP contribution in [0.3, 0.4) is 0 Å². The second-order valence-electron chi connectivity index (χ2n) is 7.93. The Morgan fingerprint density at radius 3 is 2.50 bits per heavy atom. The normalized spacial score (nSPS) is 18.9. The van der Waals surface area contributed by atoms with Gasteiger partial charge in [0.2, 0.25) is 0 Å². The van der Waals surface area contributed by atoms with Crippen molar-refractivity contribution in [3.05, 3.63) is 30.0 Å². The van der Waals surface area contributed by atoms with E-state index < -0.39 is 17.0 Å². The Kier molecular flexibility index (Phi) is 10.4. The summed E-state index contributed by atoms with van der Waals surface area (Å²) in [5.41, 5.74) is 0.558. The zero-order valence-electron chi connectivity index (χ0n) is 17.6. The van der Waals surface area contributed by atoms with Gasteiger partial charge in [-0.1, -0.05) is 44.8 Å². The molecule has 0 saturated heterocycles. The first-order valence-corrected chi connectivity index (χ1v) is 10.4. The van der Waals surface area contributed by atoms with Crippen molar-refractivity contribution in [3.8, 4) is 0 Å². The molecule has 2 N–H and O–H groups in total. The number of unbranched alkanes of at least 4 members (excludes halogenated alkanes) is 1. The van der Waals surface area contributed by atoms with Crippen LogP contribution in [0.4, 0.5) is 0 Å². The number of aliphatic hydroxyl groups is 2. The zero-order valence-corrected chi connectivity index (χ0v) is 17.6. The maximum atomic E-state index is 13.2. The van der Waals surface area contributed by atoms with Crippen LogP contribution in [0.2, 0.25) is 0 Å². The molecule has 158 valence electrons. The minimum Gasteiger partial charge on any atom is -0.468 e. The predicted molar refractivity (Wildman–Crippen MR) is 110 cm³/mol. The van der Waals surface area contributed by atoms with Crippen molar-refractivity contribution < 1.29 is 24.5 Å². The number of methoxy groups -OCH3 is 1. The van der Waals surface area contributed by atoms with Gasteiger partial charge in [-0.3, -0.25) is 9.59 Å². The maximum absolute atomic E-state index is 13.2. The summed E-state index contributed by atoms with van der Waals surface area (Å²) in [7, 11) is 1.31. The summed E-state index contributed by atoms with van der Waals surface area (Å²) >= 11 is 0. The maximum Gasteiger partial charge on any atom is 0.323 e. The third-order valence-electron chi connectivity index (χ3n) is 5.61. The van der Waals surface area contributed by atoms with Gasteiger partial charge in [-0.25, -0.2) is 0 Å². The fourth-order valence-corrected chi connectivity index (χ4v) is 3.97. The highest BCUT2D eigenvalue weighted by molar-refractivity contribution is 6.06. The number of Topliss-reactive ketones (excluding diaryl/α,β-unsaturated/α-hetero) is 1. The molecule has 0 amide bonds. The molecule has 28 heavy (non-hydrogen) atoms. The van der Waals surface area contributed by atoms with E-state index in [9.17, 15) is 14.7 Å². The summed E-state index contributed by atoms with van der Waals surface area (Å²) in [5.74, 6) is -0.859. The zero-order chi connectivity index (χ0) is 21.0. The summed E-state index contributed by atoms with van der Waals surface area (Å²) in [6, 6.07) is 0. The van der Waals surface area contributed by atoms with E-state index in [1.54, 1.807) is 19.1 Å². The van der Waals surface area contributed by atoms with Crippen molar-refractivity contribution >= 4 is 11.8 Å². The SMILES string of the molecule is CCCCC(C)(O)CC=C[C@@](C(=O)CC=C=CCO)(C(=O)OC)C1CCCC1. The van der Waals surface area contributed by atoms with Crippen LogP contribution in [0, 0.1) is 11.3 Å². The van der Waals surface area contributed by atoms with Crippen LogP contribution >= 0.6 is 0 Å². The molecular weight excluding hydrogens is 356 g/mol. The van der Waals surface area contributed by atoms with Crippen molar-refractivity contribution in [2.24, 2.45) is 11.3 Å². The van der Waals surface area contributed by atoms with E-state index in [2.05, 4.69) is 12.7 Å². The molecule has 5 heteroatoms. The first kappa shape index (κ1) is 24.4. The summed E-state index contributed by atoms with van der Waals surface area (Å²) in [6.45, 7) is 3.71. The minimum atomic E-state index is -1.33. The molecule has 0 aromatic heterocycles. The molecule has 0 aromatic rings. The van der Waals surface area contributed by atoms with Gasteiger partial charge >= 0.3 is 5.97 Å². The van der Waals surface area contributed by atoms with E-state index >= 15 is 0 Å². The van der Waals surface area contributed by atoms with Gasteiger partial charge in [0, 0.05) is 6.42 Å². The monoisotopic (exact) mass is 392 g/mol. The van der Waals surface area contributed by atoms with Gasteiger partial charge in [0.15, 0.2) is 5.78 Å². The lowest BCUT2D eigenvalue weighted by molar-refractivity contribution is -0.157. The predicted octanol–water partition coefficient (Wildman–Crippen LogP) is 3.89. The first-order chi connectivity index (χ1) is 13.3. The molecule has 0 aromatic carbocycles. The van der Waals surface area contributed by atoms with Crippen LogP contribution in [-0.2, 0) is 14.3 Å². The number of carbonyl (C=O) groups excluding carboxylic acids is 2. The molecule has 0 heterocycles. The third kappa shape index (κ3) is 6.73. The van der Waals surface area contributed by atoms with E-state index in [0.717, 1.165) is 38.5 Å². The van der Waals surface area contributed by atoms with E-state index in [4.69, 9.17) is 9.84 Å². The van der Waals surface area contributed by atoms with E-state index in [1.807, 2.05) is 0 Å². The van der Waals surface area contributed by atoms with Gasteiger partial charge in [-0.2, -0.15) is 0 Å². The Labute approximate surface area is 169 Å². The average molecular weight is 393 g/mol. The van der Waals surface area contributed by atoms with Gasteiger partial charge < -0.3 is 14.9 Å². The van der Waals surface area contributed by atoms with E-state index in [-0.39, 0.29) is 24.7 Å². The van der Waals surface area contributed by atoms with Crippen LogP contribution in [0.1, 0.15) is 71.6 Å². The topological polar surface area (TPSA) is 83.8 Å². The quantitative estimate of drug-likeness (QED) is 0.228. The van der Waals surface area contributed by atoms with Crippen molar-refractivity contribution in [3.63, 3.8) is 0 Å². The smallest absolute Gasteiger partial charge is 0.323 e. The minimum absolute atomic E-state index is 0.0403. The Morgan fingerprint density at radius 1 is 1.25 bits per heavy atom. The second kappa shape index (κ2) is 12.0. The van der Waals surface area contributed by atoms with E-state index in [1.165, 1.54) is 19.3 Å². The van der Waals surface area contributed by atoms with Crippen LogP contribution < -0.4 is 0 Å². The lowest BCUT2D eigenvalue weighted by atomic mass is 9.69. The molecule has 1 aliphatic carbocycles. The lowest BCUT2D eigenvalue weighted by Crippen LogP contribution is -2.44. The molecule has 1 rings (SSSR count). The number of ether oxygens (including phenoxy) is 1. The number of aliphatic hydroxyl groups excluding tert-OH is 1. The molecule has 1 fully saturated rings. The Hall–Kier alpha value is -1.68. The molecule has 5 nitrogen and oxygen atoms in total. The van der Waals surface area contributed by atoms with Crippen molar-refractivity contribution in [1.29, 1.82) is 0 Å². The highest BCUT2D eigenvalue weighted by Gasteiger charge is 2.50. The fraction of sp³-hybridized carbons (Fsp3) is 0.696. The lowest BCUT2D eigenvalue weighted by Gasteiger charge is -2.32. The molecule has 1 saturated carbocycles. The Balaban J connectivity index is 3.16. The molecule has 2 atom stereocenters. The van der Waals surface area contributed by atoms with Crippen molar-refractivity contribution in [1.82, 2.24) is 0 Å².